The minimum atomic E-state index is -0.621. The van der Waals surface area contributed by atoms with Crippen molar-refractivity contribution in [1.82, 2.24) is 24.8 Å². The van der Waals surface area contributed by atoms with Crippen LogP contribution in [0, 0.1) is 30.0 Å². The third kappa shape index (κ3) is 4.35. The molecule has 3 aromatic heterocycles. The van der Waals surface area contributed by atoms with E-state index >= 15 is 4.39 Å². The van der Waals surface area contributed by atoms with Gasteiger partial charge in [0.15, 0.2) is 5.82 Å². The van der Waals surface area contributed by atoms with Crippen molar-refractivity contribution < 1.29 is 9.18 Å². The molecule has 0 radical (unpaired) electrons. The summed E-state index contributed by atoms with van der Waals surface area (Å²) in [6.07, 6.45) is 3.13. The molecule has 1 aliphatic carbocycles. The van der Waals surface area contributed by atoms with E-state index < -0.39 is 11.7 Å². The van der Waals surface area contributed by atoms with Crippen LogP contribution in [0.25, 0.3) is 32.9 Å². The molecule has 2 aromatic carbocycles. The molecule has 8 rings (SSSR count). The lowest BCUT2D eigenvalue weighted by atomic mass is 9.79. The van der Waals surface area contributed by atoms with Gasteiger partial charge in [-0.25, -0.2) is 19.3 Å². The number of carbonyl (C=O) groups is 1. The van der Waals surface area contributed by atoms with Gasteiger partial charge in [0.05, 0.1) is 33.6 Å². The molecular formula is C33H28Cl2FN7O. The summed E-state index contributed by atoms with van der Waals surface area (Å²) in [5.74, 6) is -0.540. The van der Waals surface area contributed by atoms with Crippen LogP contribution in [-0.2, 0) is 6.42 Å². The Kier molecular flexibility index (Phi) is 7.04. The Labute approximate surface area is 263 Å². The predicted molar refractivity (Wildman–Crippen MR) is 168 cm³/mol. The summed E-state index contributed by atoms with van der Waals surface area (Å²) in [7, 11) is 0. The maximum atomic E-state index is 16.9. The number of nitriles is 1. The summed E-state index contributed by atoms with van der Waals surface area (Å²) < 4.78 is 19.2. The number of primary amides is 1. The Morgan fingerprint density at radius 1 is 1.25 bits per heavy atom. The second kappa shape index (κ2) is 10.8. The number of aromatic nitrogens is 4. The molecule has 0 spiro atoms. The number of hydrogen-bond acceptors (Lipinski definition) is 6. The summed E-state index contributed by atoms with van der Waals surface area (Å²) in [6.45, 7) is 4.78. The fraction of sp³-hybridized carbons (Fsp3) is 0.303. The van der Waals surface area contributed by atoms with E-state index in [1.165, 1.54) is 6.07 Å². The van der Waals surface area contributed by atoms with Crippen molar-refractivity contribution in [1.29, 1.82) is 5.26 Å². The van der Waals surface area contributed by atoms with Crippen molar-refractivity contribution in [2.75, 3.05) is 6.54 Å². The van der Waals surface area contributed by atoms with Crippen LogP contribution in [0.15, 0.2) is 42.6 Å². The molecule has 5 aromatic rings. The number of aryl methyl sites for hydroxylation is 2. The smallest absolute Gasteiger partial charge is 0.267 e. The van der Waals surface area contributed by atoms with Gasteiger partial charge in [0.25, 0.3) is 5.91 Å². The van der Waals surface area contributed by atoms with Gasteiger partial charge in [-0.1, -0.05) is 35.3 Å². The van der Waals surface area contributed by atoms with E-state index in [2.05, 4.69) is 32.0 Å². The first kappa shape index (κ1) is 28.7. The van der Waals surface area contributed by atoms with Crippen LogP contribution < -0.4 is 11.1 Å². The van der Waals surface area contributed by atoms with Crippen LogP contribution in [0.3, 0.4) is 0 Å². The SMILES string of the molecule is Cc1nc2c(F)c(-c3cccc(Cl)c3Cl)c(CCC#N)cc2c2c1cc([C@@H](C)c1nccc(C(N)=O)n1)n2[C@H]1[C@H]2CN[C@@H]1C2. The molecular weight excluding hydrogens is 600 g/mol. The molecule has 44 heavy (non-hydrogen) atoms. The van der Waals surface area contributed by atoms with E-state index in [1.54, 1.807) is 24.4 Å². The van der Waals surface area contributed by atoms with Gasteiger partial charge in [0, 0.05) is 58.5 Å². The molecule has 11 heteroatoms. The minimum absolute atomic E-state index is 0.141. The normalized spacial score (nSPS) is 19.7. The number of nitrogens with two attached hydrogens (primary N) is 1. The van der Waals surface area contributed by atoms with Crippen LogP contribution in [0.2, 0.25) is 10.0 Å². The van der Waals surface area contributed by atoms with Crippen molar-refractivity contribution in [2.24, 2.45) is 11.7 Å². The average molecular weight is 629 g/mol. The van der Waals surface area contributed by atoms with Gasteiger partial charge in [-0.2, -0.15) is 5.26 Å². The lowest BCUT2D eigenvalue weighted by Gasteiger charge is -2.38. The summed E-state index contributed by atoms with van der Waals surface area (Å²) in [6, 6.07) is 13.3. The molecule has 2 bridgehead atoms. The molecule has 3 fully saturated rings. The van der Waals surface area contributed by atoms with Gasteiger partial charge in [-0.15, -0.1) is 0 Å². The number of halogens is 3. The van der Waals surface area contributed by atoms with Crippen molar-refractivity contribution in [3.05, 3.63) is 86.9 Å². The number of carbonyl (C=O) groups excluding carboxylic acids is 1. The fourth-order valence-corrected chi connectivity index (χ4v) is 7.42. The highest BCUT2D eigenvalue weighted by Crippen LogP contribution is 2.49. The Hall–Kier alpha value is -4.10. The molecule has 3 aliphatic rings. The van der Waals surface area contributed by atoms with Crippen molar-refractivity contribution in [3.63, 3.8) is 0 Å². The first-order chi connectivity index (χ1) is 21.2. The maximum absolute atomic E-state index is 16.9. The largest absolute Gasteiger partial charge is 0.364 e. The Balaban J connectivity index is 1.54. The highest BCUT2D eigenvalue weighted by Gasteiger charge is 2.49. The Bertz CT molecular complexity index is 2040. The molecule has 2 saturated heterocycles. The number of nitrogens with one attached hydrogen (secondary N) is 1. The molecule has 3 N–H and O–H groups in total. The first-order valence-electron chi connectivity index (χ1n) is 14.5. The number of nitrogens with zero attached hydrogens (tertiary/aromatic N) is 5. The summed E-state index contributed by atoms with van der Waals surface area (Å²) in [5, 5.41) is 15.2. The standard InChI is InChI=1S/C33H28Cl2FN7O/c1-15(33-39-10-8-23(42-33)32(38)44)25-13-20-16(2)41-29-21(31(20)43(25)30-18-12-24(30)40-14-18)11-17(5-4-9-37)26(28(29)36)19-6-3-7-22(34)27(19)35/h3,6-8,10-11,13,15,18,24,30,40H,4-5,12,14H2,1-2H3,(H2,38,44)/t15-,18-,24-,30+/m1/s1. The predicted octanol–water partition coefficient (Wildman–Crippen LogP) is 6.64. The molecule has 0 unspecified atom stereocenters. The van der Waals surface area contributed by atoms with Gasteiger partial charge >= 0.3 is 0 Å². The number of benzene rings is 2. The van der Waals surface area contributed by atoms with Crippen molar-refractivity contribution in [2.45, 2.75) is 51.1 Å². The summed E-state index contributed by atoms with van der Waals surface area (Å²) in [4.78, 5) is 25.7. The number of hydrogen-bond donors (Lipinski definition) is 2. The van der Waals surface area contributed by atoms with Crippen LogP contribution in [0.1, 0.15) is 65.0 Å². The zero-order valence-corrected chi connectivity index (χ0v) is 25.5. The lowest BCUT2D eigenvalue weighted by molar-refractivity contribution is 0.0995. The number of fused-ring (bicyclic) bond motifs is 4. The number of rotatable bonds is 7. The van der Waals surface area contributed by atoms with E-state index in [0.29, 0.717) is 51.0 Å². The number of amides is 1. The van der Waals surface area contributed by atoms with Gasteiger partial charge in [-0.3, -0.25) is 4.79 Å². The molecule has 5 heterocycles. The third-order valence-corrected chi connectivity index (χ3v) is 10.0. The second-order valence-electron chi connectivity index (χ2n) is 11.7. The van der Waals surface area contributed by atoms with Crippen molar-refractivity contribution >= 4 is 50.9 Å². The maximum Gasteiger partial charge on any atom is 0.267 e. The molecule has 1 amide bonds. The van der Waals surface area contributed by atoms with Gasteiger partial charge in [-0.05, 0) is 62.4 Å². The van der Waals surface area contributed by atoms with Crippen LogP contribution >= 0.6 is 23.2 Å². The first-order valence-corrected chi connectivity index (χ1v) is 15.3. The quantitative estimate of drug-likeness (QED) is 0.208. The van der Waals surface area contributed by atoms with Crippen LogP contribution in [-0.4, -0.2) is 38.0 Å². The van der Waals surface area contributed by atoms with E-state index in [0.717, 1.165) is 29.6 Å². The summed E-state index contributed by atoms with van der Waals surface area (Å²) in [5.41, 5.74) is 9.83. The van der Waals surface area contributed by atoms with Gasteiger partial charge in [0.2, 0.25) is 0 Å². The third-order valence-electron chi connectivity index (χ3n) is 9.19. The highest BCUT2D eigenvalue weighted by atomic mass is 35.5. The monoisotopic (exact) mass is 627 g/mol. The molecule has 8 nitrogen and oxygen atoms in total. The zero-order chi connectivity index (χ0) is 30.9. The average Bonchev–Trinajstić information content (AvgIpc) is 3.75. The van der Waals surface area contributed by atoms with Crippen molar-refractivity contribution in [3.8, 4) is 17.2 Å². The topological polar surface area (TPSA) is 123 Å². The second-order valence-corrected chi connectivity index (χ2v) is 12.5. The highest BCUT2D eigenvalue weighted by molar-refractivity contribution is 6.43. The van der Waals surface area contributed by atoms with E-state index in [1.807, 2.05) is 19.9 Å². The minimum Gasteiger partial charge on any atom is -0.364 e. The molecule has 2 aliphatic heterocycles. The fourth-order valence-electron chi connectivity index (χ4n) is 7.03. The van der Waals surface area contributed by atoms with E-state index in [9.17, 15) is 10.1 Å². The van der Waals surface area contributed by atoms with Crippen LogP contribution in [0.5, 0.6) is 0 Å². The lowest BCUT2D eigenvalue weighted by Crippen LogP contribution is -2.39. The van der Waals surface area contributed by atoms with Gasteiger partial charge in [0.1, 0.15) is 17.0 Å². The number of pyridine rings is 1. The Morgan fingerprint density at radius 3 is 2.77 bits per heavy atom. The van der Waals surface area contributed by atoms with E-state index in [4.69, 9.17) is 33.9 Å². The van der Waals surface area contributed by atoms with E-state index in [-0.39, 0.29) is 40.7 Å². The zero-order valence-electron chi connectivity index (χ0n) is 24.0. The molecule has 222 valence electrons. The molecule has 1 saturated carbocycles. The molecule has 4 atom stereocenters. The van der Waals surface area contributed by atoms with Gasteiger partial charge < -0.3 is 15.6 Å². The summed E-state index contributed by atoms with van der Waals surface area (Å²) >= 11 is 13.0. The van der Waals surface area contributed by atoms with Crippen LogP contribution in [0.4, 0.5) is 4.39 Å². The Morgan fingerprint density at radius 2 is 2.07 bits per heavy atom.